The van der Waals surface area contributed by atoms with Crippen LogP contribution >= 0.6 is 11.4 Å². The molecule has 0 aromatic heterocycles. The Labute approximate surface area is 252 Å². The molecular formula is C24H52O4P2S4Zn. The van der Waals surface area contributed by atoms with E-state index >= 15 is 0 Å². The molecule has 0 aliphatic rings. The van der Waals surface area contributed by atoms with E-state index in [1.165, 1.54) is 38.5 Å². The average Bonchev–Trinajstić information content (AvgIpc) is 2.73. The second kappa shape index (κ2) is 28.0. The van der Waals surface area contributed by atoms with Crippen LogP contribution in [-0.2, 0) is 85.7 Å². The van der Waals surface area contributed by atoms with Gasteiger partial charge in [-0.05, 0) is 37.5 Å². The Morgan fingerprint density at radius 2 is 0.829 bits per heavy atom. The predicted octanol–water partition coefficient (Wildman–Crippen LogP) is 9.61. The molecule has 0 bridgehead atoms. The van der Waals surface area contributed by atoms with Gasteiger partial charge in [0.25, 0.3) is 0 Å². The third-order valence-corrected chi connectivity index (χ3v) is 9.37. The van der Waals surface area contributed by atoms with E-state index in [2.05, 4.69) is 41.5 Å². The Bertz CT molecular complexity index is 498. The molecule has 0 saturated heterocycles. The Morgan fingerprint density at radius 3 is 1.09 bits per heavy atom. The monoisotopic (exact) mass is 658 g/mol. The topological polar surface area (TPSA) is 36.9 Å². The summed E-state index contributed by atoms with van der Waals surface area (Å²) >= 11 is 20.6. The van der Waals surface area contributed by atoms with E-state index in [4.69, 9.17) is 66.2 Å². The minimum Gasteiger partial charge on any atom is -0.691 e. The molecule has 0 saturated carbocycles. The summed E-state index contributed by atoms with van der Waals surface area (Å²) in [6.07, 6.45) is 13.8. The molecule has 11 heteroatoms. The van der Waals surface area contributed by atoms with Crippen LogP contribution in [0.2, 0.25) is 0 Å². The molecular weight excluding hydrogens is 608 g/mol. The van der Waals surface area contributed by atoms with Crippen molar-refractivity contribution in [3.8, 4) is 0 Å². The maximum atomic E-state index is 5.50. The number of hydrogen-bond donors (Lipinski definition) is 0. The summed E-state index contributed by atoms with van der Waals surface area (Å²) in [4.78, 5) is 0. The third kappa shape index (κ3) is 36.5. The van der Waals surface area contributed by atoms with Crippen LogP contribution in [0.4, 0.5) is 0 Å². The maximum Gasteiger partial charge on any atom is 2.00 e. The summed E-state index contributed by atoms with van der Waals surface area (Å²) in [5.74, 6) is 1.58. The third-order valence-electron chi connectivity index (χ3n) is 4.85. The zero-order valence-electron chi connectivity index (χ0n) is 23.3. The van der Waals surface area contributed by atoms with E-state index in [1.54, 1.807) is 0 Å². The molecule has 35 heavy (non-hydrogen) atoms. The Hall–Kier alpha value is 2.46. The fourth-order valence-electron chi connectivity index (χ4n) is 2.73. The molecule has 0 fully saturated rings. The Balaban J connectivity index is -0.000000569. The van der Waals surface area contributed by atoms with Crippen LogP contribution in [0.5, 0.6) is 0 Å². The van der Waals surface area contributed by atoms with E-state index in [0.717, 1.165) is 50.4 Å². The largest absolute Gasteiger partial charge is 2.00 e. The van der Waals surface area contributed by atoms with E-state index in [1.807, 2.05) is 0 Å². The minimum atomic E-state index is -2.37. The molecule has 0 aromatic rings. The molecule has 0 aromatic carbocycles. The summed E-state index contributed by atoms with van der Waals surface area (Å²) in [5, 5.41) is 0. The Morgan fingerprint density at radius 1 is 0.543 bits per heavy atom. The van der Waals surface area contributed by atoms with Gasteiger partial charge >= 0.3 is 19.5 Å². The first-order valence-electron chi connectivity index (χ1n) is 13.2. The molecule has 4 nitrogen and oxygen atoms in total. The van der Waals surface area contributed by atoms with Gasteiger partial charge in [-0.25, -0.2) is 0 Å². The van der Waals surface area contributed by atoms with Crippen molar-refractivity contribution in [2.45, 2.75) is 119 Å². The fraction of sp³-hybridized carbons (Fsp3) is 1.00. The van der Waals surface area contributed by atoms with E-state index < -0.39 is 11.4 Å². The van der Waals surface area contributed by atoms with Crippen molar-refractivity contribution >= 4 is 59.5 Å². The van der Waals surface area contributed by atoms with Crippen molar-refractivity contribution in [2.75, 3.05) is 26.4 Å². The van der Waals surface area contributed by atoms with Gasteiger partial charge in [-0.3, -0.25) is 0 Å². The van der Waals surface area contributed by atoms with Gasteiger partial charge in [0.05, 0.1) is 37.8 Å². The first kappa shape index (κ1) is 41.9. The molecule has 0 aliphatic heterocycles. The van der Waals surface area contributed by atoms with Gasteiger partial charge in [0.15, 0.2) is 0 Å². The van der Waals surface area contributed by atoms with Crippen molar-refractivity contribution in [3.63, 3.8) is 0 Å². The fourth-order valence-corrected chi connectivity index (χ4v) is 6.08. The molecule has 0 rings (SSSR count). The van der Waals surface area contributed by atoms with E-state index in [9.17, 15) is 0 Å². The zero-order chi connectivity index (χ0) is 26.3. The van der Waals surface area contributed by atoms with Crippen molar-refractivity contribution < 1.29 is 37.6 Å². The van der Waals surface area contributed by atoms with Gasteiger partial charge in [0, 0.05) is 0 Å². The van der Waals surface area contributed by atoms with Crippen LogP contribution in [0.15, 0.2) is 0 Å². The standard InChI is InChI=1S/2C12H27O2PS2.Zn/c2*1-4-5-10-13-15(16,17)14-11-8-6-7-9-12(2)3;/h2*12H,4-11H2,1-3H3,(H,16,17);/q;;+2/p-2. The first-order valence-corrected chi connectivity index (χ1v) is 20.5. The Kier molecular flexibility index (Phi) is 33.6. The van der Waals surface area contributed by atoms with Gasteiger partial charge < -0.3 is 42.6 Å². The molecule has 0 N–H and O–H groups in total. The van der Waals surface area contributed by atoms with Crippen molar-refractivity contribution in [2.24, 2.45) is 11.8 Å². The van der Waals surface area contributed by atoms with Gasteiger partial charge in [-0.2, -0.15) is 0 Å². The average molecular weight is 660 g/mol. The van der Waals surface area contributed by atoms with Crippen LogP contribution in [0.3, 0.4) is 0 Å². The normalized spacial score (nSPS) is 14.7. The summed E-state index contributed by atoms with van der Waals surface area (Å²) in [6.45, 7) is 15.8. The van der Waals surface area contributed by atoms with Gasteiger partial charge in [-0.1, -0.05) is 117 Å². The smallest absolute Gasteiger partial charge is 0.691 e. The molecule has 0 heterocycles. The molecule has 0 amide bonds. The van der Waals surface area contributed by atoms with Crippen LogP contribution in [0.25, 0.3) is 0 Å². The molecule has 0 radical (unpaired) electrons. The van der Waals surface area contributed by atoms with Crippen LogP contribution in [0, 0.1) is 11.8 Å². The van der Waals surface area contributed by atoms with Crippen molar-refractivity contribution in [3.05, 3.63) is 0 Å². The van der Waals surface area contributed by atoms with E-state index in [-0.39, 0.29) is 19.5 Å². The van der Waals surface area contributed by atoms with Crippen molar-refractivity contribution in [1.82, 2.24) is 0 Å². The number of rotatable bonds is 22. The van der Waals surface area contributed by atoms with Crippen LogP contribution in [-0.4, -0.2) is 26.4 Å². The predicted molar refractivity (Wildman–Crippen MR) is 164 cm³/mol. The molecule has 0 aliphatic carbocycles. The SMILES string of the molecule is CCCCOP(=S)([S-])OCCCCCC(C)C.CCCCOP(=S)([S-])OCCCCCC(C)C.[Zn+2]. The van der Waals surface area contributed by atoms with Gasteiger partial charge in [0.1, 0.15) is 0 Å². The molecule has 0 spiro atoms. The summed E-state index contributed by atoms with van der Waals surface area (Å²) < 4.78 is 21.9. The minimum absolute atomic E-state index is 0. The summed E-state index contributed by atoms with van der Waals surface area (Å²) in [5.41, 5.74) is -4.75. The maximum absolute atomic E-state index is 5.50. The second-order valence-corrected chi connectivity index (χ2v) is 19.4. The summed E-state index contributed by atoms with van der Waals surface area (Å²) in [6, 6.07) is 0. The molecule has 208 valence electrons. The molecule has 2 unspecified atom stereocenters. The zero-order valence-corrected chi connectivity index (χ0v) is 31.4. The number of hydrogen-bond acceptors (Lipinski definition) is 8. The number of unbranched alkanes of at least 4 members (excludes halogenated alkanes) is 6. The van der Waals surface area contributed by atoms with Gasteiger partial charge in [-0.15, -0.1) is 0 Å². The quantitative estimate of drug-likeness (QED) is 0.0492. The van der Waals surface area contributed by atoms with E-state index in [0.29, 0.717) is 26.4 Å². The second-order valence-electron chi connectivity index (χ2n) is 9.42. The van der Waals surface area contributed by atoms with Gasteiger partial charge in [0.2, 0.25) is 0 Å². The molecule has 2 atom stereocenters. The van der Waals surface area contributed by atoms with Crippen molar-refractivity contribution in [1.29, 1.82) is 0 Å². The van der Waals surface area contributed by atoms with Crippen LogP contribution < -0.4 is 0 Å². The van der Waals surface area contributed by atoms with Crippen LogP contribution in [0.1, 0.15) is 119 Å². The first-order chi connectivity index (χ1) is 16.0. The summed E-state index contributed by atoms with van der Waals surface area (Å²) in [7, 11) is 0.